The molecule has 0 saturated carbocycles. The van der Waals surface area contributed by atoms with Crippen molar-refractivity contribution in [2.45, 2.75) is 414 Å². The Hall–Kier alpha value is -1.94. The van der Waals surface area contributed by atoms with Crippen LogP contribution in [0.3, 0.4) is 0 Å². The van der Waals surface area contributed by atoms with Crippen LogP contribution in [0.15, 0.2) is 0 Å². The molecule has 0 radical (unpaired) electrons. The molecule has 7 atom stereocenters. The predicted octanol–water partition coefficient (Wildman–Crippen LogP) is 22.8. The van der Waals surface area contributed by atoms with Crippen molar-refractivity contribution in [1.29, 1.82) is 0 Å². The van der Waals surface area contributed by atoms with E-state index in [1.165, 1.54) is 193 Å². The lowest BCUT2D eigenvalue weighted by atomic mass is 9.99. The second-order valence-corrected chi connectivity index (χ2v) is 32.4. The second-order valence-electron chi connectivity index (χ2n) is 29.5. The van der Waals surface area contributed by atoms with Gasteiger partial charge in [-0.15, -0.1) is 0 Å². The molecular formula is C78H152O17P2. The fourth-order valence-corrected chi connectivity index (χ4v) is 13.4. The largest absolute Gasteiger partial charge is 0.472 e. The van der Waals surface area contributed by atoms with Crippen molar-refractivity contribution in [2.24, 2.45) is 23.7 Å². The molecule has 0 saturated heterocycles. The van der Waals surface area contributed by atoms with Crippen molar-refractivity contribution in [3.63, 3.8) is 0 Å². The van der Waals surface area contributed by atoms with Crippen LogP contribution in [0.1, 0.15) is 396 Å². The van der Waals surface area contributed by atoms with Crippen LogP contribution in [0.4, 0.5) is 0 Å². The molecule has 0 spiro atoms. The highest BCUT2D eigenvalue weighted by Crippen LogP contribution is 2.45. The molecule has 0 aromatic carbocycles. The van der Waals surface area contributed by atoms with Crippen molar-refractivity contribution in [1.82, 2.24) is 0 Å². The van der Waals surface area contributed by atoms with Gasteiger partial charge in [-0.25, -0.2) is 9.13 Å². The van der Waals surface area contributed by atoms with Gasteiger partial charge >= 0.3 is 39.5 Å². The molecular weight excluding hydrogens is 1270 g/mol. The molecule has 17 nitrogen and oxygen atoms in total. The maximum Gasteiger partial charge on any atom is 0.472 e. The molecule has 0 heterocycles. The topological polar surface area (TPSA) is 237 Å². The summed E-state index contributed by atoms with van der Waals surface area (Å²) in [5.74, 6) is 1.01. The number of aliphatic hydroxyl groups is 1. The minimum absolute atomic E-state index is 0.105. The maximum absolute atomic E-state index is 13.1. The normalized spacial score (nSPS) is 14.6. The number of aliphatic hydroxyl groups excluding tert-OH is 1. The van der Waals surface area contributed by atoms with Crippen molar-refractivity contribution < 1.29 is 80.2 Å². The average Bonchev–Trinajstić information content (AvgIpc) is 1.27. The third-order valence-electron chi connectivity index (χ3n) is 18.8. The number of carbonyl (C=O) groups is 4. The highest BCUT2D eigenvalue weighted by atomic mass is 31.2. The molecule has 0 aliphatic carbocycles. The number of hydrogen-bond acceptors (Lipinski definition) is 15. The summed E-state index contributed by atoms with van der Waals surface area (Å²) in [5.41, 5.74) is 0. The Morgan fingerprint density at radius 3 is 0.732 bits per heavy atom. The zero-order valence-corrected chi connectivity index (χ0v) is 65.5. The van der Waals surface area contributed by atoms with Crippen LogP contribution in [-0.4, -0.2) is 96.7 Å². The van der Waals surface area contributed by atoms with Gasteiger partial charge in [0.2, 0.25) is 0 Å². The standard InChI is InChI=1S/C78H152O17P2/c1-9-70(7)56-48-40-32-26-20-13-11-12-14-22-28-34-44-52-60-77(82)94-73(64-88-75(80)58-50-42-33-27-21-16-15-18-24-30-38-46-54-68(3)4)66-92-96(84,85)90-62-72(79)63-91-97(86,87)93-67-74(65-89-76(81)59-51-43-37-36-41-49-57-71(8)10-2)95-78(83)61-53-45-35-29-23-17-19-25-31-39-47-55-69(5)6/h68-74,79H,9-67H2,1-8H3,(H,84,85)(H,86,87)/t70?,71?,72-,73-,74-/m1/s1. The summed E-state index contributed by atoms with van der Waals surface area (Å²) in [7, 11) is -9.92. The van der Waals surface area contributed by atoms with Gasteiger partial charge in [-0.05, 0) is 49.4 Å². The lowest BCUT2D eigenvalue weighted by molar-refractivity contribution is -0.161. The molecule has 0 amide bonds. The SMILES string of the molecule is CCC(C)CCCCCCCCCCCCCCCCC(=O)O[C@H](COC(=O)CCCCCCCCCCCCCCC(C)C)COP(=O)(O)OC[C@@H](O)COP(=O)(O)OC[C@@H](COC(=O)CCCCCCCCC(C)CC)OC(=O)CCCCCCCCCCCCCC(C)C. The Balaban J connectivity index is 5.26. The van der Waals surface area contributed by atoms with Crippen molar-refractivity contribution >= 4 is 39.5 Å². The first-order chi connectivity index (χ1) is 46.7. The Morgan fingerprint density at radius 1 is 0.289 bits per heavy atom. The van der Waals surface area contributed by atoms with E-state index < -0.39 is 97.5 Å². The summed E-state index contributed by atoms with van der Waals surface area (Å²) in [6.45, 7) is 14.2. The molecule has 0 fully saturated rings. The second kappa shape index (κ2) is 67.2. The fraction of sp³-hybridized carbons (Fsp3) is 0.949. The van der Waals surface area contributed by atoms with Crippen LogP contribution in [0, 0.1) is 23.7 Å². The van der Waals surface area contributed by atoms with Gasteiger partial charge in [0.1, 0.15) is 19.3 Å². The van der Waals surface area contributed by atoms with Crippen LogP contribution in [0.5, 0.6) is 0 Å². The van der Waals surface area contributed by atoms with Gasteiger partial charge in [0.05, 0.1) is 26.4 Å². The predicted molar refractivity (Wildman–Crippen MR) is 395 cm³/mol. The first kappa shape index (κ1) is 95.1. The van der Waals surface area contributed by atoms with Gasteiger partial charge in [0.25, 0.3) is 0 Å². The van der Waals surface area contributed by atoms with E-state index in [9.17, 15) is 43.2 Å². The smallest absolute Gasteiger partial charge is 0.462 e. The lowest BCUT2D eigenvalue weighted by Crippen LogP contribution is -2.30. The minimum atomic E-state index is -4.96. The van der Waals surface area contributed by atoms with Gasteiger partial charge in [-0.1, -0.05) is 344 Å². The van der Waals surface area contributed by atoms with Crippen LogP contribution in [-0.2, 0) is 65.4 Å². The number of phosphoric ester groups is 2. The third-order valence-corrected chi connectivity index (χ3v) is 20.7. The van der Waals surface area contributed by atoms with Crippen molar-refractivity contribution in [3.8, 4) is 0 Å². The zero-order valence-electron chi connectivity index (χ0n) is 63.7. The molecule has 0 bridgehead atoms. The number of esters is 4. The summed E-state index contributed by atoms with van der Waals surface area (Å²) in [5, 5.41) is 10.6. The van der Waals surface area contributed by atoms with Gasteiger partial charge < -0.3 is 33.8 Å². The Labute approximate surface area is 594 Å². The van der Waals surface area contributed by atoms with E-state index in [1.807, 2.05) is 0 Å². The number of unbranched alkanes of at least 4 members (excludes halogenated alkanes) is 39. The van der Waals surface area contributed by atoms with Crippen LogP contribution in [0.25, 0.3) is 0 Å². The molecule has 0 aromatic rings. The first-order valence-corrected chi connectivity index (χ1v) is 43.3. The van der Waals surface area contributed by atoms with Gasteiger partial charge in [0, 0.05) is 25.7 Å². The number of phosphoric acid groups is 2. The molecule has 19 heteroatoms. The van der Waals surface area contributed by atoms with Crippen molar-refractivity contribution in [2.75, 3.05) is 39.6 Å². The molecule has 3 N–H and O–H groups in total. The number of carbonyl (C=O) groups excluding carboxylic acids is 4. The van der Waals surface area contributed by atoms with Gasteiger partial charge in [-0.3, -0.25) is 37.3 Å². The molecule has 0 rings (SSSR count). The Bertz CT molecular complexity index is 1910. The highest BCUT2D eigenvalue weighted by Gasteiger charge is 2.30. The van der Waals surface area contributed by atoms with Gasteiger partial charge in [-0.2, -0.15) is 0 Å². The van der Waals surface area contributed by atoms with Crippen LogP contribution >= 0.6 is 15.6 Å². The summed E-state index contributed by atoms with van der Waals surface area (Å²) in [4.78, 5) is 72.9. The molecule has 0 aliphatic rings. The Morgan fingerprint density at radius 2 is 0.495 bits per heavy atom. The highest BCUT2D eigenvalue weighted by molar-refractivity contribution is 7.47. The number of rotatable bonds is 75. The number of hydrogen-bond donors (Lipinski definition) is 3. The molecule has 97 heavy (non-hydrogen) atoms. The van der Waals surface area contributed by atoms with Crippen LogP contribution in [0.2, 0.25) is 0 Å². The maximum atomic E-state index is 13.1. The monoisotopic (exact) mass is 1420 g/mol. The third kappa shape index (κ3) is 69.5. The summed E-state index contributed by atoms with van der Waals surface area (Å²) in [6.07, 6.45) is 52.6. The minimum Gasteiger partial charge on any atom is -0.462 e. The Kier molecular flexibility index (Phi) is 65.9. The van der Waals surface area contributed by atoms with Crippen molar-refractivity contribution in [3.05, 3.63) is 0 Å². The van der Waals surface area contributed by atoms with E-state index in [1.54, 1.807) is 0 Å². The quantitative estimate of drug-likeness (QED) is 0.0222. The van der Waals surface area contributed by atoms with E-state index in [0.717, 1.165) is 120 Å². The molecule has 576 valence electrons. The van der Waals surface area contributed by atoms with Crippen LogP contribution < -0.4 is 0 Å². The summed E-state index contributed by atoms with van der Waals surface area (Å²) >= 11 is 0. The molecule has 4 unspecified atom stereocenters. The summed E-state index contributed by atoms with van der Waals surface area (Å²) < 4.78 is 68.6. The average molecular weight is 1420 g/mol. The first-order valence-electron chi connectivity index (χ1n) is 40.3. The number of ether oxygens (including phenoxy) is 4. The lowest BCUT2D eigenvalue weighted by Gasteiger charge is -2.21. The van der Waals surface area contributed by atoms with E-state index in [2.05, 4.69) is 55.4 Å². The van der Waals surface area contributed by atoms with E-state index >= 15 is 0 Å². The molecule has 0 aromatic heterocycles. The van der Waals surface area contributed by atoms with E-state index in [-0.39, 0.29) is 25.7 Å². The summed E-state index contributed by atoms with van der Waals surface area (Å²) in [6, 6.07) is 0. The fourth-order valence-electron chi connectivity index (χ4n) is 11.8. The van der Waals surface area contributed by atoms with E-state index in [4.69, 9.17) is 37.0 Å². The zero-order chi connectivity index (χ0) is 71.7. The van der Waals surface area contributed by atoms with Gasteiger partial charge in [0.15, 0.2) is 12.2 Å². The van der Waals surface area contributed by atoms with E-state index in [0.29, 0.717) is 25.7 Å². The molecule has 0 aliphatic heterocycles.